The third-order valence-corrected chi connectivity index (χ3v) is 3.25. The molecule has 0 rings (SSSR count). The molecule has 0 aliphatic rings. The number of carboxylic acid groups (broad SMARTS) is 1. The zero-order valence-corrected chi connectivity index (χ0v) is 13.7. The van der Waals surface area contributed by atoms with Gasteiger partial charge in [0.25, 0.3) is 0 Å². The topological polar surface area (TPSA) is 66.8 Å². The van der Waals surface area contributed by atoms with Crippen molar-refractivity contribution in [2.45, 2.75) is 78.4 Å². The Morgan fingerprint density at radius 2 is 1.65 bits per heavy atom. The fourth-order valence-corrected chi connectivity index (χ4v) is 2.07. The number of carboxylic acids is 1. The summed E-state index contributed by atoms with van der Waals surface area (Å²) >= 11 is 0. The number of likely N-dealkylation sites (N-methyl/N-ethyl adjacent to an activating group) is 1. The maximum Gasteiger partial charge on any atom is 0.411 e. The first kappa shape index (κ1) is 18.7. The van der Waals surface area contributed by atoms with Crippen molar-refractivity contribution in [1.29, 1.82) is 0 Å². The molecule has 1 unspecified atom stereocenters. The van der Waals surface area contributed by atoms with Gasteiger partial charge in [0, 0.05) is 6.54 Å². The van der Waals surface area contributed by atoms with Gasteiger partial charge in [-0.3, -0.25) is 4.90 Å². The van der Waals surface area contributed by atoms with E-state index in [1.54, 1.807) is 34.6 Å². The number of amides is 1. The van der Waals surface area contributed by atoms with E-state index < -0.39 is 23.2 Å². The summed E-state index contributed by atoms with van der Waals surface area (Å²) in [5.74, 6) is -0.985. The first-order valence-corrected chi connectivity index (χ1v) is 7.32. The maximum absolute atomic E-state index is 12.2. The monoisotopic (exact) mass is 287 g/mol. The number of aliphatic carboxylic acids is 1. The summed E-state index contributed by atoms with van der Waals surface area (Å²) in [6.07, 6.45) is 2.60. The van der Waals surface area contributed by atoms with Gasteiger partial charge in [0.2, 0.25) is 0 Å². The van der Waals surface area contributed by atoms with Crippen molar-refractivity contribution < 1.29 is 19.4 Å². The van der Waals surface area contributed by atoms with E-state index in [0.29, 0.717) is 13.0 Å². The van der Waals surface area contributed by atoms with E-state index in [0.717, 1.165) is 19.3 Å². The quantitative estimate of drug-likeness (QED) is 0.725. The molecule has 0 spiro atoms. The lowest BCUT2D eigenvalue weighted by molar-refractivity contribution is -0.150. The Morgan fingerprint density at radius 3 is 2.00 bits per heavy atom. The number of unbranched alkanes of at least 4 members (excludes halogenated alkanes) is 2. The first-order valence-electron chi connectivity index (χ1n) is 7.32. The van der Waals surface area contributed by atoms with Gasteiger partial charge in [0.1, 0.15) is 11.1 Å². The molecular weight excluding hydrogens is 258 g/mol. The van der Waals surface area contributed by atoms with Crippen molar-refractivity contribution in [1.82, 2.24) is 4.90 Å². The molecule has 0 aromatic rings. The van der Waals surface area contributed by atoms with Gasteiger partial charge in [-0.1, -0.05) is 26.2 Å². The molecule has 118 valence electrons. The van der Waals surface area contributed by atoms with Crippen LogP contribution in [0.5, 0.6) is 0 Å². The number of rotatable bonds is 7. The van der Waals surface area contributed by atoms with Crippen LogP contribution in [-0.2, 0) is 9.53 Å². The van der Waals surface area contributed by atoms with Crippen LogP contribution in [0.4, 0.5) is 4.79 Å². The minimum Gasteiger partial charge on any atom is -0.480 e. The highest BCUT2D eigenvalue weighted by atomic mass is 16.6. The summed E-state index contributed by atoms with van der Waals surface area (Å²) in [6.45, 7) is 11.0. The number of hydrogen-bond acceptors (Lipinski definition) is 3. The molecule has 1 amide bonds. The average molecular weight is 287 g/mol. The number of carbonyl (C=O) groups excluding carboxylic acids is 1. The third-order valence-electron chi connectivity index (χ3n) is 3.25. The number of hydrogen-bond donors (Lipinski definition) is 1. The van der Waals surface area contributed by atoms with Crippen LogP contribution in [-0.4, -0.2) is 39.8 Å². The minimum absolute atomic E-state index is 0.309. The Morgan fingerprint density at radius 1 is 1.10 bits per heavy atom. The zero-order chi connectivity index (χ0) is 16.0. The first-order chi connectivity index (χ1) is 9.08. The molecule has 1 atom stereocenters. The van der Waals surface area contributed by atoms with E-state index in [1.165, 1.54) is 4.90 Å². The van der Waals surface area contributed by atoms with Crippen LogP contribution >= 0.6 is 0 Å². The van der Waals surface area contributed by atoms with E-state index in [4.69, 9.17) is 4.74 Å². The molecule has 0 heterocycles. The van der Waals surface area contributed by atoms with E-state index in [9.17, 15) is 14.7 Å². The van der Waals surface area contributed by atoms with Crippen LogP contribution in [0.25, 0.3) is 0 Å². The molecule has 0 bridgehead atoms. The molecular formula is C15H29NO4. The number of ether oxygens (including phenoxy) is 1. The molecule has 0 saturated carbocycles. The van der Waals surface area contributed by atoms with E-state index in [1.807, 2.05) is 0 Å². The van der Waals surface area contributed by atoms with Gasteiger partial charge >= 0.3 is 12.1 Å². The van der Waals surface area contributed by atoms with Crippen molar-refractivity contribution in [2.75, 3.05) is 6.54 Å². The van der Waals surface area contributed by atoms with Crippen molar-refractivity contribution >= 4 is 12.1 Å². The van der Waals surface area contributed by atoms with E-state index >= 15 is 0 Å². The van der Waals surface area contributed by atoms with Gasteiger partial charge in [-0.05, 0) is 41.0 Å². The van der Waals surface area contributed by atoms with E-state index in [-0.39, 0.29) is 0 Å². The SMILES string of the molecule is CCCCCC(C)(C(=O)O)N(CC)C(=O)OC(C)(C)C. The lowest BCUT2D eigenvalue weighted by Crippen LogP contribution is -2.56. The Balaban J connectivity index is 5.09. The molecule has 0 fully saturated rings. The molecule has 0 aromatic carbocycles. The van der Waals surface area contributed by atoms with E-state index in [2.05, 4.69) is 6.92 Å². The van der Waals surface area contributed by atoms with Crippen molar-refractivity contribution in [3.05, 3.63) is 0 Å². The van der Waals surface area contributed by atoms with Crippen molar-refractivity contribution in [3.63, 3.8) is 0 Å². The van der Waals surface area contributed by atoms with Crippen LogP contribution in [0.2, 0.25) is 0 Å². The minimum atomic E-state index is -1.22. The highest BCUT2D eigenvalue weighted by Crippen LogP contribution is 2.25. The van der Waals surface area contributed by atoms with Gasteiger partial charge in [0.05, 0.1) is 0 Å². The Labute approximate surface area is 122 Å². The standard InChI is InChI=1S/C15H29NO4/c1-7-9-10-11-15(6,12(17)18)16(8-2)13(19)20-14(3,4)5/h7-11H2,1-6H3,(H,17,18). The number of carbonyl (C=O) groups is 2. The summed E-state index contributed by atoms with van der Waals surface area (Å²) in [6, 6.07) is 0. The predicted molar refractivity (Wildman–Crippen MR) is 78.8 cm³/mol. The lowest BCUT2D eigenvalue weighted by atomic mass is 9.92. The van der Waals surface area contributed by atoms with Gasteiger partial charge < -0.3 is 9.84 Å². The largest absolute Gasteiger partial charge is 0.480 e. The number of nitrogens with zero attached hydrogens (tertiary/aromatic N) is 1. The summed E-state index contributed by atoms with van der Waals surface area (Å²) < 4.78 is 5.32. The molecule has 0 radical (unpaired) electrons. The maximum atomic E-state index is 12.2. The molecule has 20 heavy (non-hydrogen) atoms. The molecule has 0 aliphatic carbocycles. The molecule has 5 heteroatoms. The van der Waals surface area contributed by atoms with Crippen LogP contribution in [0, 0.1) is 0 Å². The van der Waals surface area contributed by atoms with Gasteiger partial charge in [0.15, 0.2) is 0 Å². The average Bonchev–Trinajstić information content (AvgIpc) is 2.27. The summed E-state index contributed by atoms with van der Waals surface area (Å²) in [4.78, 5) is 25.2. The molecule has 1 N–H and O–H groups in total. The fourth-order valence-electron chi connectivity index (χ4n) is 2.07. The predicted octanol–water partition coefficient (Wildman–Crippen LogP) is 3.67. The zero-order valence-electron chi connectivity index (χ0n) is 13.7. The smallest absolute Gasteiger partial charge is 0.411 e. The van der Waals surface area contributed by atoms with Crippen molar-refractivity contribution in [3.8, 4) is 0 Å². The summed E-state index contributed by atoms with van der Waals surface area (Å²) in [5.41, 5.74) is -1.85. The normalized spacial score (nSPS) is 14.5. The van der Waals surface area contributed by atoms with Crippen LogP contribution in [0.3, 0.4) is 0 Å². The molecule has 0 saturated heterocycles. The third kappa shape index (κ3) is 5.39. The molecule has 0 aromatic heterocycles. The highest BCUT2D eigenvalue weighted by molar-refractivity contribution is 5.84. The van der Waals surface area contributed by atoms with Gasteiger partial charge in [-0.25, -0.2) is 9.59 Å². The molecule has 5 nitrogen and oxygen atoms in total. The fraction of sp³-hybridized carbons (Fsp3) is 0.867. The Kier molecular flexibility index (Phi) is 7.03. The van der Waals surface area contributed by atoms with Crippen LogP contribution in [0.15, 0.2) is 0 Å². The Bertz CT molecular complexity index is 335. The second-order valence-corrected chi connectivity index (χ2v) is 6.26. The van der Waals surface area contributed by atoms with Crippen molar-refractivity contribution in [2.24, 2.45) is 0 Å². The van der Waals surface area contributed by atoms with Crippen LogP contribution in [0.1, 0.15) is 67.2 Å². The second-order valence-electron chi connectivity index (χ2n) is 6.26. The second kappa shape index (κ2) is 7.50. The highest BCUT2D eigenvalue weighted by Gasteiger charge is 2.42. The van der Waals surface area contributed by atoms with Crippen LogP contribution < -0.4 is 0 Å². The summed E-state index contributed by atoms with van der Waals surface area (Å²) in [7, 11) is 0. The summed E-state index contributed by atoms with van der Waals surface area (Å²) in [5, 5.41) is 9.53. The lowest BCUT2D eigenvalue weighted by Gasteiger charge is -2.38. The van der Waals surface area contributed by atoms with Gasteiger partial charge in [-0.15, -0.1) is 0 Å². The van der Waals surface area contributed by atoms with Gasteiger partial charge in [-0.2, -0.15) is 0 Å². The Hall–Kier alpha value is -1.26. The molecule has 0 aliphatic heterocycles.